The molecule has 2 N–H and O–H groups in total. The number of aromatic nitrogens is 1. The number of carbonyl (C=O) groups excluding carboxylic acids is 1. The van der Waals surface area contributed by atoms with Crippen LogP contribution in [0.15, 0.2) is 12.3 Å². The first kappa shape index (κ1) is 12.8. The molecule has 1 heterocycles. The summed E-state index contributed by atoms with van der Waals surface area (Å²) in [4.78, 5) is 15.8. The van der Waals surface area contributed by atoms with Crippen LogP contribution in [0.1, 0.15) is 30.1 Å². The van der Waals surface area contributed by atoms with Crippen LogP contribution in [-0.2, 0) is 0 Å². The highest BCUT2D eigenvalue weighted by Crippen LogP contribution is 2.17. The molecule has 0 fully saturated rings. The van der Waals surface area contributed by atoms with Gasteiger partial charge in [0.1, 0.15) is 5.82 Å². The topological polar surface area (TPSA) is 54.0 Å². The Labute approximate surface area is 100 Å². The molecule has 1 aromatic heterocycles. The van der Waals surface area contributed by atoms with Crippen molar-refractivity contribution in [2.75, 3.05) is 18.9 Å². The molecule has 0 aliphatic carbocycles. The SMILES string of the molecule is CCCCNC(=O)c1cc(NC)ncc1Cl. The van der Waals surface area contributed by atoms with Crippen LogP contribution in [0.4, 0.5) is 5.82 Å². The first-order valence-electron chi connectivity index (χ1n) is 5.30. The number of carbonyl (C=O) groups is 1. The van der Waals surface area contributed by atoms with Crippen LogP contribution < -0.4 is 10.6 Å². The molecule has 5 heteroatoms. The van der Waals surface area contributed by atoms with Crippen LogP contribution in [0.3, 0.4) is 0 Å². The molecule has 0 saturated heterocycles. The lowest BCUT2D eigenvalue weighted by atomic mass is 10.2. The second-order valence-corrected chi connectivity index (χ2v) is 3.82. The van der Waals surface area contributed by atoms with E-state index in [1.165, 1.54) is 6.20 Å². The van der Waals surface area contributed by atoms with Crippen molar-refractivity contribution in [3.8, 4) is 0 Å². The number of anilines is 1. The Morgan fingerprint density at radius 1 is 1.56 bits per heavy atom. The van der Waals surface area contributed by atoms with E-state index in [0.717, 1.165) is 12.8 Å². The van der Waals surface area contributed by atoms with Crippen molar-refractivity contribution in [3.05, 3.63) is 22.8 Å². The van der Waals surface area contributed by atoms with Crippen molar-refractivity contribution >= 4 is 23.3 Å². The van der Waals surface area contributed by atoms with Crippen molar-refractivity contribution in [1.29, 1.82) is 0 Å². The number of hydrogen-bond donors (Lipinski definition) is 2. The maximum atomic E-state index is 11.8. The molecule has 0 bridgehead atoms. The fraction of sp³-hybridized carbons (Fsp3) is 0.455. The van der Waals surface area contributed by atoms with E-state index in [1.54, 1.807) is 13.1 Å². The molecule has 0 spiro atoms. The third kappa shape index (κ3) is 3.38. The number of pyridine rings is 1. The Morgan fingerprint density at radius 3 is 2.94 bits per heavy atom. The van der Waals surface area contributed by atoms with Crippen LogP contribution in [0.25, 0.3) is 0 Å². The minimum atomic E-state index is -0.155. The van der Waals surface area contributed by atoms with Gasteiger partial charge in [-0.2, -0.15) is 0 Å². The van der Waals surface area contributed by atoms with Crippen LogP contribution >= 0.6 is 11.6 Å². The van der Waals surface area contributed by atoms with Gasteiger partial charge in [0.25, 0.3) is 5.91 Å². The summed E-state index contributed by atoms with van der Waals surface area (Å²) in [5, 5.41) is 6.05. The fourth-order valence-corrected chi connectivity index (χ4v) is 1.41. The Kier molecular flexibility index (Phi) is 5.05. The Hall–Kier alpha value is -1.29. The summed E-state index contributed by atoms with van der Waals surface area (Å²) in [6, 6.07) is 1.64. The van der Waals surface area contributed by atoms with Crippen molar-refractivity contribution in [3.63, 3.8) is 0 Å². The maximum Gasteiger partial charge on any atom is 0.252 e. The summed E-state index contributed by atoms with van der Waals surface area (Å²) in [5.74, 6) is 0.474. The molecule has 0 unspecified atom stereocenters. The van der Waals surface area contributed by atoms with E-state index in [9.17, 15) is 4.79 Å². The number of nitrogens with zero attached hydrogens (tertiary/aromatic N) is 1. The van der Waals surface area contributed by atoms with Gasteiger partial charge in [0.05, 0.1) is 10.6 Å². The van der Waals surface area contributed by atoms with Gasteiger partial charge < -0.3 is 10.6 Å². The molecule has 0 aromatic carbocycles. The smallest absolute Gasteiger partial charge is 0.252 e. The van der Waals surface area contributed by atoms with Gasteiger partial charge in [0, 0.05) is 19.8 Å². The second kappa shape index (κ2) is 6.33. The summed E-state index contributed by atoms with van der Waals surface area (Å²) in [5.41, 5.74) is 0.456. The van der Waals surface area contributed by atoms with E-state index in [0.29, 0.717) is 22.9 Å². The van der Waals surface area contributed by atoms with Crippen LogP contribution in [0.5, 0.6) is 0 Å². The summed E-state index contributed by atoms with van der Waals surface area (Å²) in [6.45, 7) is 2.74. The van der Waals surface area contributed by atoms with Crippen molar-refractivity contribution in [2.24, 2.45) is 0 Å². The zero-order chi connectivity index (χ0) is 12.0. The largest absolute Gasteiger partial charge is 0.373 e. The lowest BCUT2D eigenvalue weighted by Crippen LogP contribution is -2.24. The predicted molar refractivity (Wildman–Crippen MR) is 66.0 cm³/mol. The van der Waals surface area contributed by atoms with Gasteiger partial charge >= 0.3 is 0 Å². The predicted octanol–water partition coefficient (Wildman–Crippen LogP) is 2.31. The number of hydrogen-bond acceptors (Lipinski definition) is 3. The van der Waals surface area contributed by atoms with E-state index in [2.05, 4.69) is 22.5 Å². The van der Waals surface area contributed by atoms with Crippen LogP contribution in [0.2, 0.25) is 5.02 Å². The number of amides is 1. The molecule has 0 saturated carbocycles. The van der Waals surface area contributed by atoms with Gasteiger partial charge in [-0.15, -0.1) is 0 Å². The average molecular weight is 242 g/mol. The van der Waals surface area contributed by atoms with E-state index < -0.39 is 0 Å². The molecule has 0 radical (unpaired) electrons. The number of nitrogens with one attached hydrogen (secondary N) is 2. The highest BCUT2D eigenvalue weighted by molar-refractivity contribution is 6.33. The quantitative estimate of drug-likeness (QED) is 0.778. The molecule has 1 aromatic rings. The molecule has 88 valence electrons. The molecule has 0 aliphatic heterocycles. The summed E-state index contributed by atoms with van der Waals surface area (Å²) >= 11 is 5.91. The number of rotatable bonds is 5. The second-order valence-electron chi connectivity index (χ2n) is 3.41. The summed E-state index contributed by atoms with van der Waals surface area (Å²) in [6.07, 6.45) is 3.49. The highest BCUT2D eigenvalue weighted by atomic mass is 35.5. The van der Waals surface area contributed by atoms with Gasteiger partial charge in [-0.05, 0) is 12.5 Å². The zero-order valence-corrected chi connectivity index (χ0v) is 10.3. The highest BCUT2D eigenvalue weighted by Gasteiger charge is 2.10. The van der Waals surface area contributed by atoms with Crippen molar-refractivity contribution in [2.45, 2.75) is 19.8 Å². The monoisotopic (exact) mass is 241 g/mol. The maximum absolute atomic E-state index is 11.8. The van der Waals surface area contributed by atoms with E-state index in [-0.39, 0.29) is 5.91 Å². The third-order valence-corrected chi connectivity index (χ3v) is 2.47. The number of halogens is 1. The van der Waals surface area contributed by atoms with E-state index >= 15 is 0 Å². The molecule has 0 atom stereocenters. The van der Waals surface area contributed by atoms with Crippen molar-refractivity contribution < 1.29 is 4.79 Å². The van der Waals surface area contributed by atoms with E-state index in [4.69, 9.17) is 11.6 Å². The van der Waals surface area contributed by atoms with Crippen LogP contribution in [0, 0.1) is 0 Å². The zero-order valence-electron chi connectivity index (χ0n) is 9.51. The van der Waals surface area contributed by atoms with Gasteiger partial charge in [0.15, 0.2) is 0 Å². The van der Waals surface area contributed by atoms with Crippen LogP contribution in [-0.4, -0.2) is 24.5 Å². The Morgan fingerprint density at radius 2 is 2.31 bits per heavy atom. The summed E-state index contributed by atoms with van der Waals surface area (Å²) in [7, 11) is 1.75. The normalized spacial score (nSPS) is 9.94. The molecular formula is C11H16ClN3O. The molecule has 1 amide bonds. The van der Waals surface area contributed by atoms with Gasteiger partial charge in [0.2, 0.25) is 0 Å². The Bertz CT molecular complexity index is 368. The fourth-order valence-electron chi connectivity index (χ4n) is 1.22. The van der Waals surface area contributed by atoms with Gasteiger partial charge in [-0.3, -0.25) is 4.79 Å². The van der Waals surface area contributed by atoms with Gasteiger partial charge in [-0.25, -0.2) is 4.98 Å². The van der Waals surface area contributed by atoms with Gasteiger partial charge in [-0.1, -0.05) is 24.9 Å². The standard InChI is InChI=1S/C11H16ClN3O/c1-3-4-5-14-11(16)8-6-10(13-2)15-7-9(8)12/h6-7H,3-5H2,1-2H3,(H,13,15)(H,14,16). The third-order valence-electron chi connectivity index (χ3n) is 2.17. The minimum Gasteiger partial charge on any atom is -0.373 e. The molecule has 1 rings (SSSR count). The lowest BCUT2D eigenvalue weighted by molar-refractivity contribution is 0.0953. The average Bonchev–Trinajstić information content (AvgIpc) is 2.30. The summed E-state index contributed by atoms with van der Waals surface area (Å²) < 4.78 is 0. The number of unbranched alkanes of at least 4 members (excludes halogenated alkanes) is 1. The Balaban J connectivity index is 2.73. The van der Waals surface area contributed by atoms with Crippen molar-refractivity contribution in [1.82, 2.24) is 10.3 Å². The first-order chi connectivity index (χ1) is 7.69. The first-order valence-corrected chi connectivity index (χ1v) is 5.68. The molecule has 4 nitrogen and oxygen atoms in total. The molecular weight excluding hydrogens is 226 g/mol. The molecule has 0 aliphatic rings. The van der Waals surface area contributed by atoms with E-state index in [1.807, 2.05) is 0 Å². The lowest BCUT2D eigenvalue weighted by Gasteiger charge is -2.07. The molecule has 16 heavy (non-hydrogen) atoms. The minimum absolute atomic E-state index is 0.155.